The standard InChI is InChI=1S/C16H32N2O/c1-13-6-4-10-18(14(13)2)11-5-9-16(3,12-19)17-15-7-8-15/h13-15,17,19H,4-12H2,1-3H3. The first-order valence-electron chi connectivity index (χ1n) is 8.17. The zero-order chi connectivity index (χ0) is 13.9. The Morgan fingerprint density at radius 3 is 2.63 bits per heavy atom. The van der Waals surface area contributed by atoms with Gasteiger partial charge < -0.3 is 15.3 Å². The van der Waals surface area contributed by atoms with Crippen LogP contribution in [-0.4, -0.2) is 47.3 Å². The van der Waals surface area contributed by atoms with Crippen molar-refractivity contribution >= 4 is 0 Å². The maximum absolute atomic E-state index is 9.62. The topological polar surface area (TPSA) is 35.5 Å². The molecule has 2 fully saturated rings. The molecular formula is C16H32N2O. The molecule has 0 aromatic carbocycles. The summed E-state index contributed by atoms with van der Waals surface area (Å²) in [7, 11) is 0. The van der Waals surface area contributed by atoms with Gasteiger partial charge in [0.25, 0.3) is 0 Å². The molecule has 0 bridgehead atoms. The molecule has 112 valence electrons. The average molecular weight is 268 g/mol. The van der Waals surface area contributed by atoms with Gasteiger partial charge in [0.2, 0.25) is 0 Å². The smallest absolute Gasteiger partial charge is 0.0610 e. The van der Waals surface area contributed by atoms with E-state index in [2.05, 4.69) is 31.0 Å². The van der Waals surface area contributed by atoms with Gasteiger partial charge in [0, 0.05) is 17.6 Å². The van der Waals surface area contributed by atoms with E-state index in [4.69, 9.17) is 0 Å². The predicted molar refractivity (Wildman–Crippen MR) is 80.3 cm³/mol. The summed E-state index contributed by atoms with van der Waals surface area (Å²) < 4.78 is 0. The second-order valence-corrected chi connectivity index (χ2v) is 7.14. The molecule has 1 heterocycles. The van der Waals surface area contributed by atoms with E-state index < -0.39 is 0 Å². The van der Waals surface area contributed by atoms with Crippen molar-refractivity contribution in [3.05, 3.63) is 0 Å². The molecule has 1 aliphatic carbocycles. The van der Waals surface area contributed by atoms with Crippen molar-refractivity contribution in [2.75, 3.05) is 19.7 Å². The van der Waals surface area contributed by atoms with Crippen LogP contribution in [0.5, 0.6) is 0 Å². The van der Waals surface area contributed by atoms with Gasteiger partial charge in [-0.3, -0.25) is 0 Å². The summed E-state index contributed by atoms with van der Waals surface area (Å²) in [6.07, 6.45) is 7.58. The summed E-state index contributed by atoms with van der Waals surface area (Å²) in [6, 6.07) is 1.40. The minimum Gasteiger partial charge on any atom is -0.394 e. The van der Waals surface area contributed by atoms with E-state index >= 15 is 0 Å². The van der Waals surface area contributed by atoms with E-state index in [-0.39, 0.29) is 12.1 Å². The van der Waals surface area contributed by atoms with Crippen LogP contribution in [0.4, 0.5) is 0 Å². The predicted octanol–water partition coefficient (Wildman–Crippen LogP) is 2.39. The zero-order valence-electron chi connectivity index (χ0n) is 13.0. The molecule has 0 amide bonds. The fourth-order valence-electron chi connectivity index (χ4n) is 3.33. The molecule has 0 spiro atoms. The van der Waals surface area contributed by atoms with Crippen molar-refractivity contribution in [2.24, 2.45) is 5.92 Å². The Balaban J connectivity index is 1.71. The lowest BCUT2D eigenvalue weighted by Gasteiger charge is -2.38. The van der Waals surface area contributed by atoms with Crippen molar-refractivity contribution in [1.29, 1.82) is 0 Å². The molecule has 1 saturated heterocycles. The minimum absolute atomic E-state index is 0.0637. The van der Waals surface area contributed by atoms with Crippen LogP contribution in [0.25, 0.3) is 0 Å². The van der Waals surface area contributed by atoms with Gasteiger partial charge in [-0.1, -0.05) is 6.92 Å². The lowest BCUT2D eigenvalue weighted by molar-refractivity contribution is 0.102. The lowest BCUT2D eigenvalue weighted by atomic mass is 9.91. The molecule has 3 unspecified atom stereocenters. The SMILES string of the molecule is CC1CCCN(CCCC(C)(CO)NC2CC2)C1C. The summed E-state index contributed by atoms with van der Waals surface area (Å²) >= 11 is 0. The zero-order valence-corrected chi connectivity index (χ0v) is 13.0. The highest BCUT2D eigenvalue weighted by Crippen LogP contribution is 2.26. The molecule has 3 atom stereocenters. The summed E-state index contributed by atoms with van der Waals surface area (Å²) in [5.41, 5.74) is -0.0637. The second kappa shape index (κ2) is 6.55. The van der Waals surface area contributed by atoms with Gasteiger partial charge >= 0.3 is 0 Å². The molecule has 1 aliphatic heterocycles. The average Bonchev–Trinajstić information content (AvgIpc) is 3.18. The van der Waals surface area contributed by atoms with Gasteiger partial charge in [0.15, 0.2) is 0 Å². The number of hydrogen-bond donors (Lipinski definition) is 2. The molecule has 0 radical (unpaired) electrons. The molecule has 3 nitrogen and oxygen atoms in total. The quantitative estimate of drug-likeness (QED) is 0.744. The van der Waals surface area contributed by atoms with Gasteiger partial charge in [-0.2, -0.15) is 0 Å². The monoisotopic (exact) mass is 268 g/mol. The van der Waals surface area contributed by atoms with E-state index in [1.807, 2.05) is 0 Å². The van der Waals surface area contributed by atoms with Gasteiger partial charge in [0.05, 0.1) is 6.61 Å². The molecule has 1 saturated carbocycles. The van der Waals surface area contributed by atoms with Gasteiger partial charge in [0.1, 0.15) is 0 Å². The summed E-state index contributed by atoms with van der Waals surface area (Å²) in [4.78, 5) is 2.64. The van der Waals surface area contributed by atoms with Crippen LogP contribution in [0, 0.1) is 5.92 Å². The number of nitrogens with one attached hydrogen (secondary N) is 1. The van der Waals surface area contributed by atoms with E-state index in [9.17, 15) is 5.11 Å². The fourth-order valence-corrected chi connectivity index (χ4v) is 3.33. The van der Waals surface area contributed by atoms with Gasteiger partial charge in [-0.25, -0.2) is 0 Å². The van der Waals surface area contributed by atoms with Gasteiger partial charge in [-0.05, 0) is 71.4 Å². The summed E-state index contributed by atoms with van der Waals surface area (Å²) in [5.74, 6) is 0.836. The first-order chi connectivity index (χ1) is 9.04. The highest BCUT2D eigenvalue weighted by molar-refractivity contribution is 4.92. The van der Waals surface area contributed by atoms with Crippen LogP contribution < -0.4 is 5.32 Å². The molecular weight excluding hydrogens is 236 g/mol. The van der Waals surface area contributed by atoms with Crippen molar-refractivity contribution in [1.82, 2.24) is 10.2 Å². The van der Waals surface area contributed by atoms with Crippen LogP contribution in [0.3, 0.4) is 0 Å². The third kappa shape index (κ3) is 4.44. The number of nitrogens with zero attached hydrogens (tertiary/aromatic N) is 1. The number of hydrogen-bond acceptors (Lipinski definition) is 3. The van der Waals surface area contributed by atoms with Crippen molar-refractivity contribution < 1.29 is 5.11 Å². The number of aliphatic hydroxyl groups is 1. The number of piperidine rings is 1. The van der Waals surface area contributed by atoms with Crippen molar-refractivity contribution in [2.45, 2.75) is 76.9 Å². The van der Waals surface area contributed by atoms with Crippen LogP contribution in [-0.2, 0) is 0 Å². The normalized spacial score (nSPS) is 32.2. The molecule has 2 aliphatic rings. The Kier molecular flexibility index (Phi) is 5.27. The first kappa shape index (κ1) is 15.3. The molecule has 0 aromatic rings. The van der Waals surface area contributed by atoms with Crippen molar-refractivity contribution in [3.63, 3.8) is 0 Å². The van der Waals surface area contributed by atoms with E-state index in [1.165, 1.54) is 45.2 Å². The fraction of sp³-hybridized carbons (Fsp3) is 1.00. The third-order valence-electron chi connectivity index (χ3n) is 5.16. The Morgan fingerprint density at radius 2 is 2.00 bits per heavy atom. The summed E-state index contributed by atoms with van der Waals surface area (Å²) in [6.45, 7) is 9.63. The third-order valence-corrected chi connectivity index (χ3v) is 5.16. The van der Waals surface area contributed by atoms with Crippen LogP contribution in [0.2, 0.25) is 0 Å². The number of rotatable bonds is 7. The molecule has 0 aromatic heterocycles. The summed E-state index contributed by atoms with van der Waals surface area (Å²) in [5, 5.41) is 13.2. The molecule has 2 rings (SSSR count). The van der Waals surface area contributed by atoms with Crippen LogP contribution >= 0.6 is 0 Å². The molecule has 19 heavy (non-hydrogen) atoms. The second-order valence-electron chi connectivity index (χ2n) is 7.14. The largest absolute Gasteiger partial charge is 0.394 e. The Labute approximate surface area is 118 Å². The Hall–Kier alpha value is -0.120. The van der Waals surface area contributed by atoms with Crippen molar-refractivity contribution in [3.8, 4) is 0 Å². The van der Waals surface area contributed by atoms with Gasteiger partial charge in [-0.15, -0.1) is 0 Å². The highest BCUT2D eigenvalue weighted by atomic mass is 16.3. The maximum atomic E-state index is 9.62. The minimum atomic E-state index is -0.0637. The Bertz CT molecular complexity index is 280. The maximum Gasteiger partial charge on any atom is 0.0610 e. The molecule has 3 heteroatoms. The van der Waals surface area contributed by atoms with E-state index in [0.29, 0.717) is 6.04 Å². The van der Waals surface area contributed by atoms with Crippen LogP contribution in [0.15, 0.2) is 0 Å². The molecule has 2 N–H and O–H groups in total. The first-order valence-corrected chi connectivity index (χ1v) is 8.17. The van der Waals surface area contributed by atoms with Crippen LogP contribution in [0.1, 0.15) is 59.3 Å². The lowest BCUT2D eigenvalue weighted by Crippen LogP contribution is -2.48. The highest BCUT2D eigenvalue weighted by Gasteiger charge is 2.32. The van der Waals surface area contributed by atoms with E-state index in [1.54, 1.807) is 0 Å². The number of likely N-dealkylation sites (tertiary alicyclic amines) is 1. The Morgan fingerprint density at radius 1 is 1.26 bits per heavy atom. The van der Waals surface area contributed by atoms with E-state index in [0.717, 1.165) is 18.4 Å². The number of aliphatic hydroxyl groups excluding tert-OH is 1.